The van der Waals surface area contributed by atoms with Crippen LogP contribution >= 0.6 is 0 Å². The van der Waals surface area contributed by atoms with Crippen molar-refractivity contribution in [1.29, 1.82) is 0 Å². The van der Waals surface area contributed by atoms with Crippen LogP contribution in [-0.4, -0.2) is 33.1 Å². The van der Waals surface area contributed by atoms with Crippen molar-refractivity contribution in [1.82, 2.24) is 19.9 Å². The van der Waals surface area contributed by atoms with Gasteiger partial charge in [-0.3, -0.25) is 0 Å². The fourth-order valence-electron chi connectivity index (χ4n) is 4.82. The lowest BCUT2D eigenvalue weighted by Gasteiger charge is -2.30. The second-order valence-corrected chi connectivity index (χ2v) is 9.67. The van der Waals surface area contributed by atoms with Gasteiger partial charge in [0.25, 0.3) is 0 Å². The molecule has 1 aliphatic carbocycles. The quantitative estimate of drug-likeness (QED) is 0.446. The minimum Gasteiger partial charge on any atom is -0.491 e. The predicted molar refractivity (Wildman–Crippen MR) is 135 cm³/mol. The van der Waals surface area contributed by atoms with Crippen molar-refractivity contribution in [3.05, 3.63) is 84.1 Å². The Balaban J connectivity index is 1.32. The summed E-state index contributed by atoms with van der Waals surface area (Å²) in [5.74, 6) is 2.84. The molecule has 0 bridgehead atoms. The normalized spacial score (nSPS) is 16.4. The number of aromatic amines is 1. The van der Waals surface area contributed by atoms with Gasteiger partial charge in [0, 0.05) is 35.6 Å². The van der Waals surface area contributed by atoms with Gasteiger partial charge in [-0.1, -0.05) is 50.3 Å². The van der Waals surface area contributed by atoms with Gasteiger partial charge in [0.15, 0.2) is 0 Å². The molecular formula is C28H27N5O. The fourth-order valence-corrected chi connectivity index (χ4v) is 4.82. The zero-order chi connectivity index (χ0) is 23.1. The fraction of sp³-hybridized carbons (Fsp3) is 0.250. The lowest BCUT2D eigenvalue weighted by atomic mass is 9.81. The molecule has 0 spiro atoms. The van der Waals surface area contributed by atoms with Gasteiger partial charge in [-0.25, -0.2) is 15.0 Å². The SMILES string of the molecule is CC1(C)C=Cc2ncnc(N3CCOc4ccc(-c5ccc(-c6ncc[nH]6)cc5)cc4C3)c2C1. The van der Waals surface area contributed by atoms with Gasteiger partial charge in [-0.05, 0) is 41.2 Å². The van der Waals surface area contributed by atoms with E-state index < -0.39 is 0 Å². The summed E-state index contributed by atoms with van der Waals surface area (Å²) < 4.78 is 6.13. The highest BCUT2D eigenvalue weighted by molar-refractivity contribution is 5.70. The number of nitrogens with one attached hydrogen (secondary N) is 1. The number of nitrogens with zero attached hydrogens (tertiary/aromatic N) is 4. The summed E-state index contributed by atoms with van der Waals surface area (Å²) in [6.45, 7) is 6.68. The molecule has 0 unspecified atom stereocenters. The second kappa shape index (κ2) is 8.13. The van der Waals surface area contributed by atoms with Crippen LogP contribution in [0.15, 0.2) is 67.3 Å². The number of hydrogen-bond acceptors (Lipinski definition) is 5. The van der Waals surface area contributed by atoms with Gasteiger partial charge in [-0.2, -0.15) is 0 Å². The van der Waals surface area contributed by atoms with E-state index in [1.54, 1.807) is 12.5 Å². The molecule has 1 N–H and O–H groups in total. The number of ether oxygens (including phenoxy) is 1. The minimum absolute atomic E-state index is 0.0989. The van der Waals surface area contributed by atoms with Crippen LogP contribution in [0, 0.1) is 5.41 Å². The third-order valence-electron chi connectivity index (χ3n) is 6.61. The van der Waals surface area contributed by atoms with Crippen LogP contribution in [0.3, 0.4) is 0 Å². The van der Waals surface area contributed by atoms with Crippen molar-refractivity contribution in [3.63, 3.8) is 0 Å². The molecule has 0 saturated carbocycles. The van der Waals surface area contributed by atoms with Gasteiger partial charge in [0.1, 0.15) is 30.3 Å². The van der Waals surface area contributed by atoms with Gasteiger partial charge in [-0.15, -0.1) is 0 Å². The molecule has 2 aromatic heterocycles. The summed E-state index contributed by atoms with van der Waals surface area (Å²) in [7, 11) is 0. The molecule has 0 amide bonds. The topological polar surface area (TPSA) is 66.9 Å². The number of fused-ring (bicyclic) bond motifs is 2. The van der Waals surface area contributed by atoms with Crippen LogP contribution < -0.4 is 9.64 Å². The first-order chi connectivity index (χ1) is 16.6. The smallest absolute Gasteiger partial charge is 0.137 e. The number of benzene rings is 2. The third kappa shape index (κ3) is 3.85. The lowest BCUT2D eigenvalue weighted by Crippen LogP contribution is -2.29. The Labute approximate surface area is 199 Å². The first kappa shape index (κ1) is 20.7. The average molecular weight is 450 g/mol. The summed E-state index contributed by atoms with van der Waals surface area (Å²) in [6, 6.07) is 15.0. The molecule has 0 saturated heterocycles. The summed E-state index contributed by atoms with van der Waals surface area (Å²) in [4.78, 5) is 19.1. The number of aromatic nitrogens is 4. The predicted octanol–water partition coefficient (Wildman–Crippen LogP) is 5.53. The molecule has 4 aromatic rings. The van der Waals surface area contributed by atoms with Crippen molar-refractivity contribution in [2.24, 2.45) is 5.41 Å². The van der Waals surface area contributed by atoms with E-state index >= 15 is 0 Å². The van der Waals surface area contributed by atoms with Crippen LogP contribution in [0.1, 0.15) is 30.7 Å². The van der Waals surface area contributed by atoms with E-state index in [9.17, 15) is 0 Å². The zero-order valence-corrected chi connectivity index (χ0v) is 19.5. The Bertz CT molecular complexity index is 1360. The van der Waals surface area contributed by atoms with Crippen LogP contribution in [0.4, 0.5) is 5.82 Å². The second-order valence-electron chi connectivity index (χ2n) is 9.67. The Morgan fingerprint density at radius 1 is 0.971 bits per heavy atom. The molecule has 34 heavy (non-hydrogen) atoms. The first-order valence-electron chi connectivity index (χ1n) is 11.7. The average Bonchev–Trinajstić information content (AvgIpc) is 3.30. The van der Waals surface area contributed by atoms with E-state index in [4.69, 9.17) is 9.72 Å². The Hall–Kier alpha value is -3.93. The number of rotatable bonds is 3. The van der Waals surface area contributed by atoms with E-state index in [2.05, 4.69) is 88.3 Å². The van der Waals surface area contributed by atoms with Crippen LogP contribution in [-0.2, 0) is 13.0 Å². The molecule has 0 atom stereocenters. The maximum Gasteiger partial charge on any atom is 0.137 e. The number of allylic oxidation sites excluding steroid dienone is 1. The number of hydrogen-bond donors (Lipinski definition) is 1. The summed E-state index contributed by atoms with van der Waals surface area (Å²) in [5, 5.41) is 0. The summed E-state index contributed by atoms with van der Waals surface area (Å²) >= 11 is 0. The summed E-state index contributed by atoms with van der Waals surface area (Å²) in [5.41, 5.74) is 6.93. The van der Waals surface area contributed by atoms with Gasteiger partial charge in [0.05, 0.1) is 12.2 Å². The first-order valence-corrected chi connectivity index (χ1v) is 11.7. The van der Waals surface area contributed by atoms with Crippen molar-refractivity contribution in [2.75, 3.05) is 18.1 Å². The molecule has 2 aromatic carbocycles. The summed E-state index contributed by atoms with van der Waals surface area (Å²) in [6.07, 6.45) is 10.6. The zero-order valence-electron chi connectivity index (χ0n) is 19.5. The number of H-pyrrole nitrogens is 1. The monoisotopic (exact) mass is 449 g/mol. The van der Waals surface area contributed by atoms with E-state index in [-0.39, 0.29) is 5.41 Å². The molecule has 6 heteroatoms. The molecule has 6 nitrogen and oxygen atoms in total. The molecule has 1 aliphatic heterocycles. The third-order valence-corrected chi connectivity index (χ3v) is 6.61. The van der Waals surface area contributed by atoms with Crippen molar-refractivity contribution in [2.45, 2.75) is 26.8 Å². The van der Waals surface area contributed by atoms with Crippen molar-refractivity contribution >= 4 is 11.9 Å². The molecule has 6 rings (SSSR count). The number of imidazole rings is 1. The van der Waals surface area contributed by atoms with Crippen LogP contribution in [0.25, 0.3) is 28.6 Å². The Kier molecular flexibility index (Phi) is 4.94. The van der Waals surface area contributed by atoms with Gasteiger partial charge >= 0.3 is 0 Å². The van der Waals surface area contributed by atoms with Gasteiger partial charge < -0.3 is 14.6 Å². The highest BCUT2D eigenvalue weighted by Gasteiger charge is 2.27. The Morgan fingerprint density at radius 3 is 2.62 bits per heavy atom. The van der Waals surface area contributed by atoms with Crippen LogP contribution in [0.5, 0.6) is 5.75 Å². The number of anilines is 1. The maximum absolute atomic E-state index is 6.13. The van der Waals surface area contributed by atoms with Crippen molar-refractivity contribution in [3.8, 4) is 28.3 Å². The molecule has 0 fully saturated rings. The van der Waals surface area contributed by atoms with E-state index in [1.165, 1.54) is 22.3 Å². The van der Waals surface area contributed by atoms with Gasteiger partial charge in [0.2, 0.25) is 0 Å². The standard InChI is InChI=1S/C28H27N5O/c1-28(2)10-9-24-23(16-28)27(32-18-31-24)33-13-14-34-25-8-7-21(15-22(25)17-33)19-3-5-20(6-4-19)26-29-11-12-30-26/h3-12,15,18H,13-14,16-17H2,1-2H3,(H,29,30). The largest absolute Gasteiger partial charge is 0.491 e. The highest BCUT2D eigenvalue weighted by atomic mass is 16.5. The maximum atomic E-state index is 6.13. The molecule has 0 radical (unpaired) electrons. The molecular weight excluding hydrogens is 422 g/mol. The van der Waals surface area contributed by atoms with Crippen molar-refractivity contribution < 1.29 is 4.74 Å². The Morgan fingerprint density at radius 2 is 1.79 bits per heavy atom. The molecule has 170 valence electrons. The molecule has 2 aliphatic rings. The van der Waals surface area contributed by atoms with E-state index in [0.717, 1.165) is 48.2 Å². The van der Waals surface area contributed by atoms with E-state index in [0.29, 0.717) is 6.61 Å². The minimum atomic E-state index is 0.0989. The molecule has 3 heterocycles. The van der Waals surface area contributed by atoms with E-state index in [1.807, 2.05) is 6.20 Å². The highest BCUT2D eigenvalue weighted by Crippen LogP contribution is 2.37. The lowest BCUT2D eigenvalue weighted by molar-refractivity contribution is 0.331. The van der Waals surface area contributed by atoms with Crippen LogP contribution in [0.2, 0.25) is 0 Å².